The van der Waals surface area contributed by atoms with Crippen LogP contribution in [0.15, 0.2) is 42.7 Å². The Kier molecular flexibility index (Phi) is 5.08. The lowest BCUT2D eigenvalue weighted by Gasteiger charge is -2.16. The predicted octanol–water partition coefficient (Wildman–Crippen LogP) is 4.15. The number of fused-ring (bicyclic) bond motifs is 1. The molecule has 0 radical (unpaired) electrons. The molecular weight excluding hydrogens is 384 g/mol. The SMILES string of the molecule is Cc1ccc2c(c1)c(C(=O)C1CSN(c3cccnc3)C1)c(C)n2C(=O)N(C)C. The van der Waals surface area contributed by atoms with Crippen LogP contribution in [0, 0.1) is 19.8 Å². The van der Waals surface area contributed by atoms with Gasteiger partial charge in [-0.15, -0.1) is 0 Å². The molecule has 0 aliphatic carbocycles. The Bertz CT molecular complexity index is 1090. The van der Waals surface area contributed by atoms with Crippen molar-refractivity contribution in [1.29, 1.82) is 0 Å². The maximum atomic E-state index is 13.6. The minimum atomic E-state index is -0.145. The number of aryl methyl sites for hydroxylation is 1. The fourth-order valence-electron chi connectivity index (χ4n) is 3.82. The molecule has 7 heteroatoms. The van der Waals surface area contributed by atoms with E-state index < -0.39 is 0 Å². The molecule has 29 heavy (non-hydrogen) atoms. The number of hydrogen-bond acceptors (Lipinski definition) is 5. The van der Waals surface area contributed by atoms with Gasteiger partial charge in [0.2, 0.25) is 0 Å². The minimum Gasteiger partial charge on any atom is -0.330 e. The number of nitrogens with zero attached hydrogens (tertiary/aromatic N) is 4. The van der Waals surface area contributed by atoms with E-state index in [0.29, 0.717) is 23.6 Å². The van der Waals surface area contributed by atoms with Crippen molar-refractivity contribution in [1.82, 2.24) is 14.5 Å². The molecule has 2 aromatic heterocycles. The molecule has 1 fully saturated rings. The van der Waals surface area contributed by atoms with E-state index in [1.165, 1.54) is 4.90 Å². The zero-order chi connectivity index (χ0) is 20.7. The van der Waals surface area contributed by atoms with E-state index in [4.69, 9.17) is 0 Å². The van der Waals surface area contributed by atoms with Crippen LogP contribution in [0.1, 0.15) is 21.6 Å². The van der Waals surface area contributed by atoms with Crippen LogP contribution in [0.3, 0.4) is 0 Å². The number of ketones is 1. The topological polar surface area (TPSA) is 58.4 Å². The molecule has 0 spiro atoms. The van der Waals surface area contributed by atoms with E-state index in [1.54, 1.807) is 36.8 Å². The van der Waals surface area contributed by atoms with Crippen molar-refractivity contribution in [2.75, 3.05) is 30.7 Å². The van der Waals surface area contributed by atoms with Gasteiger partial charge in [-0.1, -0.05) is 11.6 Å². The van der Waals surface area contributed by atoms with E-state index in [0.717, 1.165) is 22.2 Å². The number of carbonyl (C=O) groups is 2. The van der Waals surface area contributed by atoms with E-state index in [9.17, 15) is 9.59 Å². The number of carbonyl (C=O) groups excluding carboxylic acids is 2. The standard InChI is InChI=1S/C22H24N4O2S/c1-14-7-8-19-18(10-14)20(15(2)26(19)22(28)24(3)4)21(27)16-12-25(29-13-16)17-6-5-9-23-11-17/h5-11,16H,12-13H2,1-4H3. The average Bonchev–Trinajstić information content (AvgIpc) is 3.30. The molecule has 4 rings (SSSR count). The summed E-state index contributed by atoms with van der Waals surface area (Å²) in [4.78, 5) is 32.1. The summed E-state index contributed by atoms with van der Waals surface area (Å²) < 4.78 is 3.78. The highest BCUT2D eigenvalue weighted by Gasteiger charge is 2.34. The van der Waals surface area contributed by atoms with Crippen molar-refractivity contribution < 1.29 is 9.59 Å². The fraction of sp³-hybridized carbons (Fsp3) is 0.318. The molecule has 1 unspecified atom stereocenters. The highest BCUT2D eigenvalue weighted by atomic mass is 32.2. The third-order valence-electron chi connectivity index (χ3n) is 5.30. The molecule has 3 aromatic rings. The van der Waals surface area contributed by atoms with Gasteiger partial charge in [0, 0.05) is 49.2 Å². The predicted molar refractivity (Wildman–Crippen MR) is 118 cm³/mol. The molecule has 1 saturated heterocycles. The van der Waals surface area contributed by atoms with Gasteiger partial charge in [0.05, 0.1) is 23.3 Å². The Morgan fingerprint density at radius 2 is 2.00 bits per heavy atom. The summed E-state index contributed by atoms with van der Waals surface area (Å²) in [6.45, 7) is 4.50. The number of amides is 1. The van der Waals surface area contributed by atoms with Crippen LogP contribution in [-0.4, -0.2) is 52.7 Å². The first-order valence-electron chi connectivity index (χ1n) is 9.56. The number of anilines is 1. The third kappa shape index (κ3) is 3.40. The van der Waals surface area contributed by atoms with Crippen LogP contribution in [0.5, 0.6) is 0 Å². The van der Waals surface area contributed by atoms with Gasteiger partial charge in [-0.2, -0.15) is 0 Å². The van der Waals surface area contributed by atoms with Crippen molar-refractivity contribution in [3.8, 4) is 0 Å². The lowest BCUT2D eigenvalue weighted by atomic mass is 9.96. The van der Waals surface area contributed by atoms with Crippen molar-refractivity contribution in [3.63, 3.8) is 0 Å². The lowest BCUT2D eigenvalue weighted by molar-refractivity contribution is 0.0941. The first kappa shape index (κ1) is 19.5. The summed E-state index contributed by atoms with van der Waals surface area (Å²) in [5.74, 6) is 0.683. The normalized spacial score (nSPS) is 16.4. The van der Waals surface area contributed by atoms with E-state index in [1.807, 2.05) is 50.4 Å². The van der Waals surface area contributed by atoms with Crippen LogP contribution in [0.4, 0.5) is 10.5 Å². The molecular formula is C22H24N4O2S. The molecule has 150 valence electrons. The number of Topliss-reactive ketones (excluding diaryl/α,β-unsaturated/α-hetero) is 1. The smallest absolute Gasteiger partial charge is 0.328 e. The van der Waals surface area contributed by atoms with Gasteiger partial charge in [-0.05, 0) is 50.1 Å². The van der Waals surface area contributed by atoms with Crippen LogP contribution in [0.2, 0.25) is 0 Å². The van der Waals surface area contributed by atoms with Crippen molar-refractivity contribution in [2.24, 2.45) is 5.92 Å². The van der Waals surface area contributed by atoms with Crippen LogP contribution >= 0.6 is 11.9 Å². The summed E-state index contributed by atoms with van der Waals surface area (Å²) in [6.07, 6.45) is 3.56. The number of pyridine rings is 1. The molecule has 1 aliphatic heterocycles. The maximum Gasteiger partial charge on any atom is 0.328 e. The summed E-state index contributed by atoms with van der Waals surface area (Å²) in [5, 5.41) is 0.854. The van der Waals surface area contributed by atoms with Crippen LogP contribution in [-0.2, 0) is 0 Å². The monoisotopic (exact) mass is 408 g/mol. The maximum absolute atomic E-state index is 13.6. The van der Waals surface area contributed by atoms with Crippen LogP contribution < -0.4 is 4.31 Å². The van der Waals surface area contributed by atoms with Crippen LogP contribution in [0.25, 0.3) is 10.9 Å². The summed E-state index contributed by atoms with van der Waals surface area (Å²) in [5.41, 5.74) is 4.23. The van der Waals surface area contributed by atoms with Gasteiger partial charge in [0.1, 0.15) is 0 Å². The van der Waals surface area contributed by atoms with Gasteiger partial charge in [-0.3, -0.25) is 14.3 Å². The first-order chi connectivity index (χ1) is 13.9. The second-order valence-electron chi connectivity index (χ2n) is 7.62. The number of hydrogen-bond donors (Lipinski definition) is 0. The second kappa shape index (κ2) is 7.55. The molecule has 0 bridgehead atoms. The largest absolute Gasteiger partial charge is 0.330 e. The Hall–Kier alpha value is -2.80. The van der Waals surface area contributed by atoms with Gasteiger partial charge >= 0.3 is 6.03 Å². The molecule has 1 atom stereocenters. The Morgan fingerprint density at radius 3 is 2.69 bits per heavy atom. The van der Waals surface area contributed by atoms with Gasteiger partial charge in [-0.25, -0.2) is 4.79 Å². The number of rotatable bonds is 3. The molecule has 3 heterocycles. The zero-order valence-corrected chi connectivity index (χ0v) is 17.9. The van der Waals surface area contributed by atoms with Gasteiger partial charge in [0.25, 0.3) is 0 Å². The highest BCUT2D eigenvalue weighted by molar-refractivity contribution is 8.00. The zero-order valence-electron chi connectivity index (χ0n) is 17.0. The van der Waals surface area contributed by atoms with E-state index in [2.05, 4.69) is 9.29 Å². The molecule has 1 amide bonds. The second-order valence-corrected chi connectivity index (χ2v) is 8.65. The Morgan fingerprint density at radius 1 is 1.21 bits per heavy atom. The number of aromatic nitrogens is 2. The molecule has 0 saturated carbocycles. The lowest BCUT2D eigenvalue weighted by Crippen LogP contribution is -2.28. The minimum absolute atomic E-state index is 0.0993. The molecule has 1 aliphatic rings. The van der Waals surface area contributed by atoms with Crippen molar-refractivity contribution in [3.05, 3.63) is 59.5 Å². The molecule has 1 aromatic carbocycles. The van der Waals surface area contributed by atoms with Crippen molar-refractivity contribution >= 4 is 40.4 Å². The van der Waals surface area contributed by atoms with Gasteiger partial charge in [0.15, 0.2) is 5.78 Å². The van der Waals surface area contributed by atoms with Gasteiger partial charge < -0.3 is 9.21 Å². The van der Waals surface area contributed by atoms with Crippen molar-refractivity contribution in [2.45, 2.75) is 13.8 Å². The summed E-state index contributed by atoms with van der Waals surface area (Å²) in [6, 6.07) is 9.68. The number of benzene rings is 1. The van der Waals surface area contributed by atoms with E-state index in [-0.39, 0.29) is 17.7 Å². The first-order valence-corrected chi connectivity index (χ1v) is 10.5. The Labute approximate surface area is 174 Å². The fourth-order valence-corrected chi connectivity index (χ4v) is 4.98. The Balaban J connectivity index is 1.74. The average molecular weight is 409 g/mol. The molecule has 0 N–H and O–H groups in total. The quantitative estimate of drug-likeness (QED) is 0.481. The van der Waals surface area contributed by atoms with E-state index >= 15 is 0 Å². The highest BCUT2D eigenvalue weighted by Crippen LogP contribution is 2.35. The summed E-state index contributed by atoms with van der Waals surface area (Å²) >= 11 is 1.65. The molecule has 6 nitrogen and oxygen atoms in total. The summed E-state index contributed by atoms with van der Waals surface area (Å²) in [7, 11) is 3.45. The third-order valence-corrected chi connectivity index (χ3v) is 6.53.